The van der Waals surface area contributed by atoms with E-state index in [-0.39, 0.29) is 0 Å². The van der Waals surface area contributed by atoms with E-state index in [1.807, 2.05) is 12.1 Å². The minimum absolute atomic E-state index is 0.750. The van der Waals surface area contributed by atoms with Crippen LogP contribution in [-0.4, -0.2) is 44.9 Å². The van der Waals surface area contributed by atoms with Crippen LogP contribution < -0.4 is 4.90 Å². The van der Waals surface area contributed by atoms with Crippen molar-refractivity contribution in [2.45, 2.75) is 20.3 Å². The predicted molar refractivity (Wildman–Crippen MR) is 77.6 cm³/mol. The lowest BCUT2D eigenvalue weighted by Gasteiger charge is -2.27. The van der Waals surface area contributed by atoms with Crippen molar-refractivity contribution < 1.29 is 4.79 Å². The second-order valence-corrected chi connectivity index (χ2v) is 4.95. The Morgan fingerprint density at radius 2 is 1.89 bits per heavy atom. The number of aryl methyl sites for hydroxylation is 1. The third kappa shape index (κ3) is 4.15. The molecule has 0 aliphatic carbocycles. The van der Waals surface area contributed by atoms with Crippen LogP contribution in [0, 0.1) is 6.92 Å². The van der Waals surface area contributed by atoms with E-state index < -0.39 is 0 Å². The molecule has 0 atom stereocenters. The molecule has 1 rings (SSSR count). The Balaban J connectivity index is 2.87. The molecule has 3 nitrogen and oxygen atoms in total. The molecule has 0 saturated heterocycles. The Kier molecular flexibility index (Phi) is 5.86. The first kappa shape index (κ1) is 14.7. The first-order chi connectivity index (χ1) is 8.58. The Labute approximate surface area is 110 Å². The topological polar surface area (TPSA) is 23.6 Å². The van der Waals surface area contributed by atoms with Gasteiger partial charge in [-0.15, -0.1) is 0 Å². The second-order valence-electron chi connectivity index (χ2n) is 4.95. The zero-order chi connectivity index (χ0) is 13.5. The monoisotopic (exact) mass is 248 g/mol. The maximum atomic E-state index is 10.8. The van der Waals surface area contributed by atoms with Crippen LogP contribution >= 0.6 is 0 Å². The Morgan fingerprint density at radius 3 is 2.39 bits per heavy atom. The van der Waals surface area contributed by atoms with E-state index in [0.29, 0.717) is 0 Å². The fraction of sp³-hybridized carbons (Fsp3) is 0.533. The number of rotatable bonds is 7. The maximum absolute atomic E-state index is 10.8. The second kappa shape index (κ2) is 7.17. The van der Waals surface area contributed by atoms with Crippen molar-refractivity contribution >= 4 is 12.0 Å². The first-order valence-corrected chi connectivity index (χ1v) is 6.54. The van der Waals surface area contributed by atoms with E-state index in [1.54, 1.807) is 0 Å². The minimum atomic E-state index is 0.750. The van der Waals surface area contributed by atoms with Crippen molar-refractivity contribution in [1.82, 2.24) is 4.90 Å². The van der Waals surface area contributed by atoms with Gasteiger partial charge in [-0.05, 0) is 51.2 Å². The SMILES string of the molecule is CCCN(CCN(C)C)c1ccc(C=O)cc1C. The molecule has 0 amide bonds. The maximum Gasteiger partial charge on any atom is 0.150 e. The lowest BCUT2D eigenvalue weighted by Crippen LogP contribution is -2.32. The van der Waals surface area contributed by atoms with Gasteiger partial charge in [-0.1, -0.05) is 6.92 Å². The largest absolute Gasteiger partial charge is 0.370 e. The van der Waals surface area contributed by atoms with Gasteiger partial charge in [0.1, 0.15) is 6.29 Å². The zero-order valence-corrected chi connectivity index (χ0v) is 11.9. The van der Waals surface area contributed by atoms with Gasteiger partial charge in [-0.25, -0.2) is 0 Å². The Morgan fingerprint density at radius 1 is 1.17 bits per heavy atom. The number of carbonyl (C=O) groups is 1. The molecule has 0 heterocycles. The number of likely N-dealkylation sites (N-methyl/N-ethyl adjacent to an activating group) is 1. The minimum Gasteiger partial charge on any atom is -0.370 e. The number of nitrogens with zero attached hydrogens (tertiary/aromatic N) is 2. The predicted octanol–water partition coefficient (Wildman–Crippen LogP) is 2.59. The van der Waals surface area contributed by atoms with Crippen LogP contribution in [0.2, 0.25) is 0 Å². The summed E-state index contributed by atoms with van der Waals surface area (Å²) in [5.74, 6) is 0. The lowest BCUT2D eigenvalue weighted by molar-refractivity contribution is 0.112. The van der Waals surface area contributed by atoms with Gasteiger partial charge in [-0.3, -0.25) is 4.79 Å². The Hall–Kier alpha value is -1.35. The molecule has 0 saturated carbocycles. The van der Waals surface area contributed by atoms with E-state index in [0.717, 1.165) is 37.9 Å². The van der Waals surface area contributed by atoms with E-state index in [2.05, 4.69) is 43.8 Å². The first-order valence-electron chi connectivity index (χ1n) is 6.54. The average Bonchev–Trinajstić information content (AvgIpc) is 2.34. The summed E-state index contributed by atoms with van der Waals surface area (Å²) in [5, 5.41) is 0. The van der Waals surface area contributed by atoms with E-state index in [4.69, 9.17) is 0 Å². The molecule has 1 aromatic rings. The van der Waals surface area contributed by atoms with Crippen LogP contribution in [0.4, 0.5) is 5.69 Å². The van der Waals surface area contributed by atoms with Crippen LogP contribution in [0.15, 0.2) is 18.2 Å². The number of anilines is 1. The molecule has 0 fully saturated rings. The molecule has 0 aromatic heterocycles. The smallest absolute Gasteiger partial charge is 0.150 e. The van der Waals surface area contributed by atoms with Crippen molar-refractivity contribution in [1.29, 1.82) is 0 Å². The summed E-state index contributed by atoms with van der Waals surface area (Å²) in [5.41, 5.74) is 3.16. The van der Waals surface area contributed by atoms with Gasteiger partial charge in [0.2, 0.25) is 0 Å². The lowest BCUT2D eigenvalue weighted by atomic mass is 10.1. The summed E-state index contributed by atoms with van der Waals surface area (Å²) in [6, 6.07) is 5.92. The molecule has 0 aliphatic rings. The number of hydrogen-bond acceptors (Lipinski definition) is 3. The van der Waals surface area contributed by atoms with Crippen LogP contribution in [0.1, 0.15) is 29.3 Å². The fourth-order valence-corrected chi connectivity index (χ4v) is 2.05. The van der Waals surface area contributed by atoms with Crippen LogP contribution in [0.25, 0.3) is 0 Å². The van der Waals surface area contributed by atoms with Gasteiger partial charge in [0.25, 0.3) is 0 Å². The summed E-state index contributed by atoms with van der Waals surface area (Å²) in [4.78, 5) is 15.3. The van der Waals surface area contributed by atoms with E-state index >= 15 is 0 Å². The van der Waals surface area contributed by atoms with Gasteiger partial charge in [0, 0.05) is 30.9 Å². The van der Waals surface area contributed by atoms with Crippen molar-refractivity contribution in [3.63, 3.8) is 0 Å². The van der Waals surface area contributed by atoms with E-state index in [1.165, 1.54) is 11.3 Å². The van der Waals surface area contributed by atoms with Gasteiger partial charge in [0.15, 0.2) is 0 Å². The van der Waals surface area contributed by atoms with Crippen LogP contribution in [-0.2, 0) is 0 Å². The van der Waals surface area contributed by atoms with Gasteiger partial charge in [0.05, 0.1) is 0 Å². The molecule has 0 bridgehead atoms. The molecule has 0 unspecified atom stereocenters. The summed E-state index contributed by atoms with van der Waals surface area (Å²) in [6.45, 7) is 7.37. The highest BCUT2D eigenvalue weighted by molar-refractivity contribution is 5.76. The average molecular weight is 248 g/mol. The highest BCUT2D eigenvalue weighted by Gasteiger charge is 2.09. The Bertz CT molecular complexity index is 388. The zero-order valence-electron chi connectivity index (χ0n) is 11.9. The molecule has 3 heteroatoms. The highest BCUT2D eigenvalue weighted by atomic mass is 16.1. The third-order valence-corrected chi connectivity index (χ3v) is 3.01. The molecular weight excluding hydrogens is 224 g/mol. The summed E-state index contributed by atoms with van der Waals surface area (Å²) < 4.78 is 0. The number of aldehydes is 1. The molecule has 0 aliphatic heterocycles. The van der Waals surface area contributed by atoms with E-state index in [9.17, 15) is 4.79 Å². The van der Waals surface area contributed by atoms with Gasteiger partial charge in [-0.2, -0.15) is 0 Å². The molecule has 1 aromatic carbocycles. The molecular formula is C15H24N2O. The number of carbonyl (C=O) groups excluding carboxylic acids is 1. The summed E-state index contributed by atoms with van der Waals surface area (Å²) >= 11 is 0. The van der Waals surface area contributed by atoms with Crippen LogP contribution in [0.5, 0.6) is 0 Å². The van der Waals surface area contributed by atoms with Gasteiger partial charge < -0.3 is 9.80 Å². The summed E-state index contributed by atoms with van der Waals surface area (Å²) in [6.07, 6.45) is 2.03. The standard InChI is InChI=1S/C15H24N2O/c1-5-8-17(10-9-16(3)4)15-7-6-14(12-18)11-13(15)2/h6-7,11-12H,5,8-10H2,1-4H3. The molecule has 100 valence electrons. The van der Waals surface area contributed by atoms with Gasteiger partial charge >= 0.3 is 0 Å². The molecule has 0 N–H and O–H groups in total. The number of hydrogen-bond donors (Lipinski definition) is 0. The normalized spacial score (nSPS) is 10.7. The van der Waals surface area contributed by atoms with Crippen molar-refractivity contribution in [2.75, 3.05) is 38.6 Å². The molecule has 0 radical (unpaired) electrons. The fourth-order valence-electron chi connectivity index (χ4n) is 2.05. The highest BCUT2D eigenvalue weighted by Crippen LogP contribution is 2.21. The van der Waals surface area contributed by atoms with Crippen molar-refractivity contribution in [2.24, 2.45) is 0 Å². The number of benzene rings is 1. The molecule has 0 spiro atoms. The van der Waals surface area contributed by atoms with Crippen molar-refractivity contribution in [3.05, 3.63) is 29.3 Å². The quantitative estimate of drug-likeness (QED) is 0.693. The third-order valence-electron chi connectivity index (χ3n) is 3.01. The molecule has 18 heavy (non-hydrogen) atoms. The van der Waals surface area contributed by atoms with Crippen LogP contribution in [0.3, 0.4) is 0 Å². The summed E-state index contributed by atoms with van der Waals surface area (Å²) in [7, 11) is 4.18. The van der Waals surface area contributed by atoms with Crippen molar-refractivity contribution in [3.8, 4) is 0 Å².